The number of carbonyl (C=O) groups excluding carboxylic acids is 3. The molecule has 0 spiro atoms. The quantitative estimate of drug-likeness (QED) is 0.505. The lowest BCUT2D eigenvalue weighted by atomic mass is 9.89. The maximum Gasteiger partial charge on any atom is 0.416 e. The van der Waals surface area contributed by atoms with E-state index < -0.39 is 29.7 Å². The molecule has 2 aliphatic rings. The molecule has 1 aliphatic carbocycles. The Bertz CT molecular complexity index is 1560. The van der Waals surface area contributed by atoms with E-state index in [4.69, 9.17) is 4.52 Å². The van der Waals surface area contributed by atoms with E-state index in [0.717, 1.165) is 17.0 Å². The molecule has 1 aromatic heterocycles. The number of anilines is 1. The fraction of sp³-hybridized carbons (Fsp3) is 0.222. The number of alkyl halides is 3. The number of likely N-dealkylation sites (N-methyl/N-ethyl adjacent to an activating group) is 1. The highest BCUT2D eigenvalue weighted by Gasteiger charge is 2.45. The number of amides is 3. The monoisotopic (exact) mass is 535 g/mol. The molecule has 9 nitrogen and oxygen atoms in total. The van der Waals surface area contributed by atoms with Crippen molar-refractivity contribution in [2.45, 2.75) is 31.6 Å². The van der Waals surface area contributed by atoms with Crippen molar-refractivity contribution in [2.75, 3.05) is 11.9 Å². The Morgan fingerprint density at radius 3 is 2.69 bits per heavy atom. The molecule has 0 saturated heterocycles. The van der Waals surface area contributed by atoms with Crippen LogP contribution in [0.1, 0.15) is 51.5 Å². The topological polar surface area (TPSA) is 120 Å². The molecule has 198 valence electrons. The minimum atomic E-state index is -4.62. The van der Waals surface area contributed by atoms with Gasteiger partial charge in [0.1, 0.15) is 6.26 Å². The summed E-state index contributed by atoms with van der Waals surface area (Å²) in [5.41, 5.74) is 0.722. The summed E-state index contributed by atoms with van der Waals surface area (Å²) in [4.78, 5) is 42.4. The van der Waals surface area contributed by atoms with Crippen LogP contribution in [0.2, 0.25) is 0 Å². The number of benzene rings is 2. The highest BCUT2D eigenvalue weighted by molar-refractivity contribution is 6.09. The van der Waals surface area contributed by atoms with Gasteiger partial charge >= 0.3 is 12.2 Å². The van der Waals surface area contributed by atoms with E-state index >= 15 is 0 Å². The molecule has 0 fully saturated rings. The molecule has 5 rings (SSSR count). The third kappa shape index (κ3) is 4.63. The molecule has 1 unspecified atom stereocenters. The Morgan fingerprint density at radius 1 is 1.21 bits per heavy atom. The molecule has 2 heterocycles. The fourth-order valence-corrected chi connectivity index (χ4v) is 4.89. The maximum atomic E-state index is 13.7. The van der Waals surface area contributed by atoms with Crippen LogP contribution >= 0.6 is 0 Å². The van der Waals surface area contributed by atoms with Crippen LogP contribution in [0.4, 0.5) is 23.7 Å². The predicted molar refractivity (Wildman–Crippen MR) is 130 cm³/mol. The zero-order valence-electron chi connectivity index (χ0n) is 20.5. The minimum Gasteiger partial charge on any atom is -0.364 e. The molecular weight excluding hydrogens is 515 g/mol. The molecule has 1 aliphatic heterocycles. The van der Waals surface area contributed by atoms with E-state index in [1.54, 1.807) is 0 Å². The Balaban J connectivity index is 1.60. The Hall–Kier alpha value is -4.92. The minimum absolute atomic E-state index is 0.0196. The van der Waals surface area contributed by atoms with Gasteiger partial charge in [0, 0.05) is 42.4 Å². The van der Waals surface area contributed by atoms with Gasteiger partial charge in [-0.1, -0.05) is 17.3 Å². The molecule has 3 amide bonds. The van der Waals surface area contributed by atoms with Gasteiger partial charge in [0.15, 0.2) is 5.78 Å². The number of halogens is 3. The van der Waals surface area contributed by atoms with Crippen LogP contribution in [-0.4, -0.2) is 34.8 Å². The van der Waals surface area contributed by atoms with Gasteiger partial charge in [-0.25, -0.2) is 4.79 Å². The Kier molecular flexibility index (Phi) is 6.43. The van der Waals surface area contributed by atoms with Crippen molar-refractivity contribution in [1.82, 2.24) is 15.4 Å². The first kappa shape index (κ1) is 25.7. The third-order valence-corrected chi connectivity index (χ3v) is 6.71. The Morgan fingerprint density at radius 2 is 2.00 bits per heavy atom. The lowest BCUT2D eigenvalue weighted by Crippen LogP contribution is -2.48. The lowest BCUT2D eigenvalue weighted by Gasteiger charge is -2.41. The van der Waals surface area contributed by atoms with E-state index in [1.807, 2.05) is 6.07 Å². The highest BCUT2D eigenvalue weighted by Crippen LogP contribution is 2.45. The predicted octanol–water partition coefficient (Wildman–Crippen LogP) is 4.73. The average Bonchev–Trinajstić information content (AvgIpc) is 3.58. The number of urea groups is 1. The molecule has 3 aromatic rings. The van der Waals surface area contributed by atoms with E-state index in [9.17, 15) is 32.8 Å². The number of Topliss-reactive ketones (excluding diaryl/α,β-unsaturated/α-hetero) is 1. The molecule has 2 aromatic carbocycles. The number of aromatic nitrogens is 1. The summed E-state index contributed by atoms with van der Waals surface area (Å²) >= 11 is 0. The number of hydrogen-bond donors (Lipinski definition) is 1. The summed E-state index contributed by atoms with van der Waals surface area (Å²) < 4.78 is 45.0. The zero-order chi connectivity index (χ0) is 27.9. The van der Waals surface area contributed by atoms with Gasteiger partial charge in [-0.05, 0) is 42.3 Å². The van der Waals surface area contributed by atoms with Crippen LogP contribution in [0.3, 0.4) is 0 Å². The smallest absolute Gasteiger partial charge is 0.364 e. The van der Waals surface area contributed by atoms with Gasteiger partial charge < -0.3 is 14.7 Å². The second-order valence-corrected chi connectivity index (χ2v) is 9.09. The van der Waals surface area contributed by atoms with Crippen LogP contribution in [0, 0.1) is 11.3 Å². The number of nitrogens with one attached hydrogen (secondary N) is 1. The molecule has 0 radical (unpaired) electrons. The van der Waals surface area contributed by atoms with Crippen molar-refractivity contribution >= 4 is 23.4 Å². The number of hydrogen-bond acceptors (Lipinski definition) is 6. The number of allylic oxidation sites excluding steroid dienone is 1. The third-order valence-electron chi connectivity index (χ3n) is 6.71. The van der Waals surface area contributed by atoms with Crippen LogP contribution in [0.15, 0.2) is 70.7 Å². The van der Waals surface area contributed by atoms with E-state index in [1.165, 1.54) is 54.7 Å². The van der Waals surface area contributed by atoms with Crippen molar-refractivity contribution in [3.05, 3.63) is 94.0 Å². The standard InChI is InChI=1S/C27H20F3N5O4/c1-34-24(19-6-5-15(11-31)9-20(19)25(37)32-12-16-13-33-39-14-16)23-21(7-8-22(23)36)35(26(34)38)18-4-2-3-17(10-18)27(28,29)30/h2-6,9-10,13-14,24H,7-8,12H2,1H3,(H,32,37). The maximum absolute atomic E-state index is 13.7. The van der Waals surface area contributed by atoms with E-state index in [0.29, 0.717) is 11.1 Å². The molecule has 39 heavy (non-hydrogen) atoms. The van der Waals surface area contributed by atoms with Gasteiger partial charge in [-0.2, -0.15) is 18.4 Å². The van der Waals surface area contributed by atoms with Gasteiger partial charge in [0.2, 0.25) is 0 Å². The SMILES string of the molecule is CN1C(=O)N(c2cccc(C(F)(F)F)c2)C2=C(C(=O)CC2)C1c1ccc(C#N)cc1C(=O)NCc1cnoc1. The Labute approximate surface area is 220 Å². The lowest BCUT2D eigenvalue weighted by molar-refractivity contribution is -0.137. The molecular formula is C27H20F3N5O4. The first-order chi connectivity index (χ1) is 18.6. The molecule has 1 N–H and O–H groups in total. The summed E-state index contributed by atoms with van der Waals surface area (Å²) in [5, 5.41) is 15.7. The number of ketones is 1. The van der Waals surface area contributed by atoms with Gasteiger partial charge in [0.05, 0.1) is 35.1 Å². The largest absolute Gasteiger partial charge is 0.416 e. The summed E-state index contributed by atoms with van der Waals surface area (Å²) in [5.74, 6) is -0.844. The molecule has 12 heteroatoms. The molecule has 1 atom stereocenters. The number of nitrogens with zero attached hydrogens (tertiary/aromatic N) is 4. The number of rotatable bonds is 5. The van der Waals surface area contributed by atoms with Gasteiger partial charge in [0.25, 0.3) is 5.91 Å². The highest BCUT2D eigenvalue weighted by atomic mass is 19.4. The van der Waals surface area contributed by atoms with Crippen molar-refractivity contribution in [2.24, 2.45) is 0 Å². The second kappa shape index (κ2) is 9.75. The van der Waals surface area contributed by atoms with Crippen LogP contribution < -0.4 is 10.2 Å². The zero-order valence-corrected chi connectivity index (χ0v) is 20.5. The van der Waals surface area contributed by atoms with Gasteiger partial charge in [-0.3, -0.25) is 14.5 Å². The van der Waals surface area contributed by atoms with Crippen molar-refractivity contribution in [3.8, 4) is 6.07 Å². The first-order valence-corrected chi connectivity index (χ1v) is 11.8. The normalized spacial score (nSPS) is 17.4. The van der Waals surface area contributed by atoms with Crippen molar-refractivity contribution < 1.29 is 32.1 Å². The van der Waals surface area contributed by atoms with Crippen LogP contribution in [0.5, 0.6) is 0 Å². The first-order valence-electron chi connectivity index (χ1n) is 11.8. The summed E-state index contributed by atoms with van der Waals surface area (Å²) in [7, 11) is 1.42. The number of nitriles is 1. The summed E-state index contributed by atoms with van der Waals surface area (Å²) in [6.07, 6.45) is -1.63. The summed E-state index contributed by atoms with van der Waals surface area (Å²) in [6.45, 7) is 0.0776. The van der Waals surface area contributed by atoms with Crippen LogP contribution in [-0.2, 0) is 17.5 Å². The van der Waals surface area contributed by atoms with Crippen molar-refractivity contribution in [1.29, 1.82) is 5.26 Å². The van der Waals surface area contributed by atoms with Gasteiger partial charge in [-0.15, -0.1) is 0 Å². The van der Waals surface area contributed by atoms with Crippen molar-refractivity contribution in [3.63, 3.8) is 0 Å². The summed E-state index contributed by atoms with van der Waals surface area (Å²) in [6, 6.07) is 9.03. The van der Waals surface area contributed by atoms with E-state index in [-0.39, 0.29) is 53.3 Å². The van der Waals surface area contributed by atoms with Crippen LogP contribution in [0.25, 0.3) is 0 Å². The molecule has 0 bridgehead atoms. The molecule has 0 saturated carbocycles. The number of carbonyl (C=O) groups is 3. The average molecular weight is 535 g/mol. The second-order valence-electron chi connectivity index (χ2n) is 9.09. The fourth-order valence-electron chi connectivity index (χ4n) is 4.89. The van der Waals surface area contributed by atoms with E-state index in [2.05, 4.69) is 10.5 Å².